The van der Waals surface area contributed by atoms with Gasteiger partial charge in [0.2, 0.25) is 0 Å². The second-order valence-corrected chi connectivity index (χ2v) is 17.3. The van der Waals surface area contributed by atoms with Crippen LogP contribution in [0.15, 0.2) is 60.7 Å². The number of methoxy groups -OCH3 is 2. The summed E-state index contributed by atoms with van der Waals surface area (Å²) in [4.78, 5) is 31.3. The first-order valence-electron chi connectivity index (χ1n) is 18.7. The van der Waals surface area contributed by atoms with E-state index in [0.717, 1.165) is 22.2 Å². The van der Waals surface area contributed by atoms with E-state index >= 15 is 0 Å². The lowest BCUT2D eigenvalue weighted by Crippen LogP contribution is -2.41. The molecule has 12 nitrogen and oxygen atoms in total. The second-order valence-electron chi connectivity index (χ2n) is 16.2. The molecule has 0 atom stereocenters. The van der Waals surface area contributed by atoms with Gasteiger partial charge in [0, 0.05) is 5.56 Å². The standard InChI is InChI=1S/C19H19ClN2O3.C18H27BO5.C7H4Cl2N2/c1-12-9-16(22-17(20)15(12)10-21)13-5-7-14(8-6-13)25-11-19(2,3)18(23)24-4;1-16(2,15(20)21-7)12-22-14-10-8-13(9-11-14)19-23-17(3,4)18(5,6)24-19;1-4-2-6(8)11-7(9)5(4)3-10/h5-9H,11H2,1-4H3;8-11H,12H2,1-7H3;2H,1H3. The normalized spacial score (nSPS) is 13.9. The SMILES string of the molecule is COC(=O)C(C)(C)COc1ccc(-c2cc(C)c(C#N)c(Cl)n2)cc1.COC(=O)C(C)(C)COc1ccc(B2OC(C)(C)C(C)(C)O2)cc1.Cc1cc(Cl)nc(Cl)c1C#N. The van der Waals surface area contributed by atoms with Crippen molar-refractivity contribution in [1.82, 2.24) is 9.97 Å². The van der Waals surface area contributed by atoms with Crippen LogP contribution in [0.25, 0.3) is 11.3 Å². The monoisotopic (exact) mass is 878 g/mol. The van der Waals surface area contributed by atoms with E-state index in [1.54, 1.807) is 52.8 Å². The smallest absolute Gasteiger partial charge is 0.492 e. The number of ether oxygens (including phenoxy) is 4. The Bertz CT molecular complexity index is 2170. The van der Waals surface area contributed by atoms with Crippen molar-refractivity contribution in [3.63, 3.8) is 0 Å². The van der Waals surface area contributed by atoms with Crippen molar-refractivity contribution in [1.29, 1.82) is 10.5 Å². The topological polar surface area (TPSA) is 163 Å². The molecule has 5 rings (SSSR count). The molecule has 0 aliphatic carbocycles. The van der Waals surface area contributed by atoms with Crippen molar-refractivity contribution in [2.24, 2.45) is 10.8 Å². The van der Waals surface area contributed by atoms with Crippen molar-refractivity contribution >= 4 is 59.3 Å². The zero-order valence-corrected chi connectivity index (χ0v) is 38.2. The fraction of sp³-hybridized carbons (Fsp3) is 0.409. The molecule has 60 heavy (non-hydrogen) atoms. The molecular formula is C44H50BCl3N4O8. The van der Waals surface area contributed by atoms with E-state index in [1.807, 2.05) is 89.2 Å². The zero-order valence-electron chi connectivity index (χ0n) is 36.0. The summed E-state index contributed by atoms with van der Waals surface area (Å²) in [6.45, 7) is 19.2. The number of halogens is 3. The number of hydrogen-bond donors (Lipinski definition) is 0. The third-order valence-corrected chi connectivity index (χ3v) is 10.5. The number of nitrogens with zero attached hydrogens (tertiary/aromatic N) is 4. The molecule has 0 unspecified atom stereocenters. The Morgan fingerprint density at radius 3 is 1.48 bits per heavy atom. The summed E-state index contributed by atoms with van der Waals surface area (Å²) in [6, 6.07) is 22.3. The highest BCUT2D eigenvalue weighted by Gasteiger charge is 2.51. The van der Waals surface area contributed by atoms with Crippen LogP contribution in [0.2, 0.25) is 15.5 Å². The highest BCUT2D eigenvalue weighted by Crippen LogP contribution is 2.36. The first-order chi connectivity index (χ1) is 27.9. The molecule has 3 heterocycles. The highest BCUT2D eigenvalue weighted by molar-refractivity contribution is 6.62. The largest absolute Gasteiger partial charge is 0.494 e. The van der Waals surface area contributed by atoms with Gasteiger partial charge >= 0.3 is 19.1 Å². The van der Waals surface area contributed by atoms with Crippen LogP contribution >= 0.6 is 34.8 Å². The Morgan fingerprint density at radius 2 is 1.10 bits per heavy atom. The molecule has 1 fully saturated rings. The maximum Gasteiger partial charge on any atom is 0.494 e. The van der Waals surface area contributed by atoms with Crippen molar-refractivity contribution in [2.45, 2.75) is 80.4 Å². The lowest BCUT2D eigenvalue weighted by Gasteiger charge is -2.32. The number of nitriles is 2. The van der Waals surface area contributed by atoms with Gasteiger partial charge in [-0.1, -0.05) is 46.9 Å². The maximum atomic E-state index is 11.7. The van der Waals surface area contributed by atoms with E-state index < -0.39 is 17.9 Å². The van der Waals surface area contributed by atoms with E-state index in [2.05, 4.69) is 9.97 Å². The van der Waals surface area contributed by atoms with Crippen LogP contribution in [0.4, 0.5) is 0 Å². The molecule has 0 N–H and O–H groups in total. The average molecular weight is 880 g/mol. The zero-order chi connectivity index (χ0) is 45.2. The van der Waals surface area contributed by atoms with Crippen LogP contribution in [-0.2, 0) is 28.4 Å². The average Bonchev–Trinajstić information content (AvgIpc) is 3.41. The van der Waals surface area contributed by atoms with Gasteiger partial charge in [-0.05, 0) is 134 Å². The Hall–Kier alpha value is -4.89. The van der Waals surface area contributed by atoms with Gasteiger partial charge in [-0.2, -0.15) is 10.5 Å². The van der Waals surface area contributed by atoms with E-state index in [9.17, 15) is 9.59 Å². The minimum atomic E-state index is -0.729. The Kier molecular flexibility index (Phi) is 17.0. The quantitative estimate of drug-likeness (QED) is 0.0844. The molecule has 2 aromatic heterocycles. The van der Waals surface area contributed by atoms with Crippen molar-refractivity contribution in [3.05, 3.63) is 98.4 Å². The second kappa shape index (κ2) is 20.6. The first kappa shape index (κ1) is 49.5. The lowest BCUT2D eigenvalue weighted by molar-refractivity contribution is -0.153. The number of aryl methyl sites for hydroxylation is 2. The fourth-order valence-electron chi connectivity index (χ4n) is 5.27. The van der Waals surface area contributed by atoms with E-state index in [-0.39, 0.29) is 46.7 Å². The van der Waals surface area contributed by atoms with Gasteiger partial charge in [0.15, 0.2) is 0 Å². The summed E-state index contributed by atoms with van der Waals surface area (Å²) in [5, 5.41) is 18.3. The van der Waals surface area contributed by atoms with Gasteiger partial charge in [0.25, 0.3) is 0 Å². The Morgan fingerprint density at radius 1 is 0.700 bits per heavy atom. The number of benzene rings is 2. The summed E-state index contributed by atoms with van der Waals surface area (Å²) in [6.07, 6.45) is 0. The molecule has 1 aliphatic heterocycles. The summed E-state index contributed by atoms with van der Waals surface area (Å²) in [7, 11) is 2.34. The number of pyridine rings is 2. The fourth-order valence-corrected chi connectivity index (χ4v) is 6.12. The van der Waals surface area contributed by atoms with Crippen LogP contribution in [0.3, 0.4) is 0 Å². The maximum absolute atomic E-state index is 11.7. The van der Waals surface area contributed by atoms with Gasteiger partial charge in [-0.15, -0.1) is 0 Å². The summed E-state index contributed by atoms with van der Waals surface area (Å²) >= 11 is 17.2. The van der Waals surface area contributed by atoms with Gasteiger partial charge in [0.1, 0.15) is 52.3 Å². The number of aromatic nitrogens is 2. The molecular weight excluding hydrogens is 830 g/mol. The molecule has 4 aromatic rings. The van der Waals surface area contributed by atoms with Crippen LogP contribution < -0.4 is 14.9 Å². The van der Waals surface area contributed by atoms with Crippen molar-refractivity contribution < 1.29 is 37.8 Å². The molecule has 16 heteroatoms. The molecule has 0 spiro atoms. The number of rotatable bonds is 10. The molecule has 1 aliphatic rings. The third kappa shape index (κ3) is 12.8. The van der Waals surface area contributed by atoms with Gasteiger partial charge < -0.3 is 28.3 Å². The molecule has 0 bridgehead atoms. The first-order valence-corrected chi connectivity index (χ1v) is 19.8. The lowest BCUT2D eigenvalue weighted by atomic mass is 9.79. The summed E-state index contributed by atoms with van der Waals surface area (Å²) < 4.78 is 33.0. The van der Waals surface area contributed by atoms with E-state index in [4.69, 9.17) is 73.6 Å². The number of carbonyl (C=O) groups is 2. The van der Waals surface area contributed by atoms with Crippen LogP contribution in [0.1, 0.15) is 77.6 Å². The molecule has 0 saturated carbocycles. The molecule has 318 valence electrons. The molecule has 0 amide bonds. The van der Waals surface area contributed by atoms with Gasteiger partial charge in [-0.25, -0.2) is 9.97 Å². The minimum Gasteiger partial charge on any atom is -0.492 e. The van der Waals surface area contributed by atoms with Crippen molar-refractivity contribution in [2.75, 3.05) is 27.4 Å². The van der Waals surface area contributed by atoms with Crippen LogP contribution in [0.5, 0.6) is 11.5 Å². The minimum absolute atomic E-state index is 0.164. The number of hydrogen-bond acceptors (Lipinski definition) is 12. The van der Waals surface area contributed by atoms with E-state index in [1.165, 1.54) is 14.2 Å². The van der Waals surface area contributed by atoms with E-state index in [0.29, 0.717) is 33.5 Å². The van der Waals surface area contributed by atoms with Crippen LogP contribution in [-0.4, -0.2) is 67.7 Å². The van der Waals surface area contributed by atoms with Crippen molar-refractivity contribution in [3.8, 4) is 34.9 Å². The number of esters is 2. The predicted molar refractivity (Wildman–Crippen MR) is 233 cm³/mol. The molecule has 2 aromatic carbocycles. The van der Waals surface area contributed by atoms with Gasteiger partial charge in [-0.3, -0.25) is 9.59 Å². The third-order valence-electron chi connectivity index (χ3n) is 9.77. The Labute approximate surface area is 368 Å². The predicted octanol–water partition coefficient (Wildman–Crippen LogP) is 9.29. The highest BCUT2D eigenvalue weighted by atomic mass is 35.5. The summed E-state index contributed by atoms with van der Waals surface area (Å²) in [5.74, 6) is 0.705. The molecule has 1 saturated heterocycles. The Balaban J connectivity index is 0.000000258. The molecule has 0 radical (unpaired) electrons. The van der Waals surface area contributed by atoms with Crippen LogP contribution in [0, 0.1) is 47.3 Å². The number of carbonyl (C=O) groups excluding carboxylic acids is 2. The van der Waals surface area contributed by atoms with Gasteiger partial charge in [0.05, 0.1) is 53.1 Å². The summed E-state index contributed by atoms with van der Waals surface area (Å²) in [5.41, 5.74) is 2.62.